The molecule has 0 aromatic rings. The van der Waals surface area contributed by atoms with Crippen molar-refractivity contribution in [2.24, 2.45) is 0 Å². The van der Waals surface area contributed by atoms with Gasteiger partial charge in [0.05, 0.1) is 34.4 Å². The molecule has 0 heterocycles. The van der Waals surface area contributed by atoms with Crippen LogP contribution in [0.25, 0.3) is 0 Å². The molecule has 0 fully saturated rings. The number of carbonyl (C=O) groups excluding carboxylic acids is 1. The largest absolute Gasteiger partial charge is 0.477 e. The van der Waals surface area contributed by atoms with Gasteiger partial charge in [0.15, 0.2) is 0 Å². The number of carboxylic acid groups (broad SMARTS) is 1. The number of likely N-dealkylation sites (N-methyl/N-ethyl adjacent to an activating group) is 1. The number of nitrogens with zero attached hydrogens (tertiary/aromatic N) is 1. The normalized spacial score (nSPS) is 13.2. The quantitative estimate of drug-likeness (QED) is 0.0206. The van der Waals surface area contributed by atoms with Crippen LogP contribution in [0, 0.1) is 0 Å². The van der Waals surface area contributed by atoms with Crippen LogP contribution in [-0.2, 0) is 23.8 Å². The van der Waals surface area contributed by atoms with Gasteiger partial charge in [-0.1, -0.05) is 223 Å². The maximum Gasteiger partial charge on any atom is 0.361 e. The fourth-order valence-corrected chi connectivity index (χ4v) is 7.55. The van der Waals surface area contributed by atoms with Gasteiger partial charge in [0.2, 0.25) is 0 Å². The van der Waals surface area contributed by atoms with Crippen LogP contribution in [0.5, 0.6) is 0 Å². The van der Waals surface area contributed by atoms with Gasteiger partial charge < -0.3 is 28.9 Å². The van der Waals surface area contributed by atoms with Gasteiger partial charge in [0, 0.05) is 6.42 Å². The lowest BCUT2D eigenvalue weighted by atomic mass is 10.0. The van der Waals surface area contributed by atoms with E-state index in [0.29, 0.717) is 17.4 Å². The second-order valence-corrected chi connectivity index (χ2v) is 19.0. The molecule has 2 N–H and O–H groups in total. The van der Waals surface area contributed by atoms with E-state index in [1.165, 1.54) is 193 Å². The number of hydrogen-bond acceptors (Lipinski definition) is 6. The molecule has 0 amide bonds. The number of hydrogen-bond donors (Lipinski definition) is 2. The van der Waals surface area contributed by atoms with Crippen molar-refractivity contribution in [3.05, 3.63) is 36.5 Å². The van der Waals surface area contributed by atoms with Crippen molar-refractivity contribution in [1.82, 2.24) is 0 Å². The zero-order valence-corrected chi connectivity index (χ0v) is 41.3. The number of carbonyl (C=O) groups is 2. The van der Waals surface area contributed by atoms with Crippen molar-refractivity contribution in [2.75, 3.05) is 47.5 Å². The highest BCUT2D eigenvalue weighted by Crippen LogP contribution is 2.17. The summed E-state index contributed by atoms with van der Waals surface area (Å²) in [6.07, 6.45) is 58.2. The molecule has 2 atom stereocenters. The lowest BCUT2D eigenvalue weighted by molar-refractivity contribution is -0.870. The number of esters is 1. The minimum absolute atomic E-state index is 0.212. The standard InChI is InChI=1S/C54H101NO7/c1-5-6-7-8-9-10-11-12-13-14-15-16-17-18-19-20-21-22-23-24-25-26-27-28-29-30-31-32-33-34-35-36-37-38-39-40-41-42-43-44-45-46-52(57)61-49-51(56)50-62-54(53(58)59)60-48-47-55(2,3)4/h11-12,14-15,17-18,51,54,56H,5-10,13,16,19-50H2,1-4H3/p+1/b12-11-,15-14-,18-17-. The van der Waals surface area contributed by atoms with E-state index in [2.05, 4.69) is 43.4 Å². The first-order valence-corrected chi connectivity index (χ1v) is 26.2. The monoisotopic (exact) mass is 877 g/mol. The number of aliphatic hydroxyl groups excluding tert-OH is 1. The van der Waals surface area contributed by atoms with Crippen LogP contribution < -0.4 is 0 Å². The van der Waals surface area contributed by atoms with Gasteiger partial charge in [-0.2, -0.15) is 0 Å². The molecular formula is C54H102NO7+. The third kappa shape index (κ3) is 49.0. The lowest BCUT2D eigenvalue weighted by Crippen LogP contribution is -2.40. The highest BCUT2D eigenvalue weighted by atomic mass is 16.7. The van der Waals surface area contributed by atoms with Crippen LogP contribution in [0.1, 0.15) is 238 Å². The molecule has 2 unspecified atom stereocenters. The lowest BCUT2D eigenvalue weighted by Gasteiger charge is -2.24. The molecule has 0 rings (SSSR count). The molecule has 0 saturated carbocycles. The van der Waals surface area contributed by atoms with E-state index in [9.17, 15) is 19.8 Å². The van der Waals surface area contributed by atoms with Gasteiger partial charge in [0.1, 0.15) is 19.3 Å². The summed E-state index contributed by atoms with van der Waals surface area (Å²) in [5.74, 6) is -1.60. The van der Waals surface area contributed by atoms with Gasteiger partial charge in [-0.3, -0.25) is 4.79 Å². The number of ether oxygens (including phenoxy) is 3. The van der Waals surface area contributed by atoms with Crippen LogP contribution in [0.4, 0.5) is 0 Å². The summed E-state index contributed by atoms with van der Waals surface area (Å²) in [5, 5.41) is 19.3. The van der Waals surface area contributed by atoms with E-state index in [4.69, 9.17) is 14.2 Å². The predicted molar refractivity (Wildman–Crippen MR) is 262 cm³/mol. The molecule has 8 nitrogen and oxygen atoms in total. The minimum Gasteiger partial charge on any atom is -0.477 e. The Morgan fingerprint density at radius 3 is 1.21 bits per heavy atom. The van der Waals surface area contributed by atoms with Crippen LogP contribution in [0.15, 0.2) is 36.5 Å². The molecule has 0 spiro atoms. The number of unbranched alkanes of at least 4 members (excludes halogenated alkanes) is 31. The molecule has 0 saturated heterocycles. The molecule has 0 aromatic carbocycles. The molecule has 0 aliphatic rings. The zero-order chi connectivity index (χ0) is 45.5. The van der Waals surface area contributed by atoms with Gasteiger partial charge in [0.25, 0.3) is 6.29 Å². The van der Waals surface area contributed by atoms with E-state index < -0.39 is 18.4 Å². The molecular weight excluding hydrogens is 775 g/mol. The average Bonchev–Trinajstić information content (AvgIpc) is 3.24. The number of quaternary nitrogens is 1. The Hall–Kier alpha value is -2.00. The van der Waals surface area contributed by atoms with Gasteiger partial charge in [-0.25, -0.2) is 4.79 Å². The Kier molecular flexibility index (Phi) is 45.5. The van der Waals surface area contributed by atoms with Crippen molar-refractivity contribution in [3.8, 4) is 0 Å². The maximum absolute atomic E-state index is 12.0. The Labute approximate surface area is 383 Å². The summed E-state index contributed by atoms with van der Waals surface area (Å²) in [6, 6.07) is 0. The number of allylic oxidation sites excluding steroid dienone is 6. The summed E-state index contributed by atoms with van der Waals surface area (Å²) in [6.45, 7) is 2.60. The SMILES string of the molecule is CCCCCCC/C=C\C/C=C\C/C=C\CCCCCCCCCCCCCCCCCCCCCCCCCCCCC(=O)OCC(O)COC(OCC[N+](C)(C)C)C(=O)O. The Morgan fingerprint density at radius 2 is 0.839 bits per heavy atom. The molecule has 0 aromatic heterocycles. The summed E-state index contributed by atoms with van der Waals surface area (Å²) >= 11 is 0. The fraction of sp³-hybridized carbons (Fsp3) is 0.852. The Balaban J connectivity index is 3.34. The average molecular weight is 877 g/mol. The van der Waals surface area contributed by atoms with Crippen molar-refractivity contribution in [3.63, 3.8) is 0 Å². The van der Waals surface area contributed by atoms with Crippen LogP contribution >= 0.6 is 0 Å². The second-order valence-electron chi connectivity index (χ2n) is 19.0. The highest BCUT2D eigenvalue weighted by Gasteiger charge is 2.22. The number of rotatable bonds is 49. The molecule has 0 aliphatic carbocycles. The van der Waals surface area contributed by atoms with Gasteiger partial charge in [-0.15, -0.1) is 0 Å². The summed E-state index contributed by atoms with van der Waals surface area (Å²) in [7, 11) is 5.93. The second kappa shape index (κ2) is 47.0. The topological polar surface area (TPSA) is 102 Å². The Morgan fingerprint density at radius 1 is 0.484 bits per heavy atom. The van der Waals surface area contributed by atoms with Crippen LogP contribution in [-0.4, -0.2) is 86.5 Å². The first-order valence-electron chi connectivity index (χ1n) is 26.2. The minimum atomic E-state index is -1.46. The first-order chi connectivity index (χ1) is 30.2. The molecule has 62 heavy (non-hydrogen) atoms. The van der Waals surface area contributed by atoms with Crippen LogP contribution in [0.3, 0.4) is 0 Å². The number of carboxylic acids is 1. The van der Waals surface area contributed by atoms with Crippen molar-refractivity contribution < 1.29 is 38.5 Å². The van der Waals surface area contributed by atoms with Gasteiger partial charge >= 0.3 is 11.9 Å². The summed E-state index contributed by atoms with van der Waals surface area (Å²) < 4.78 is 16.2. The van der Waals surface area contributed by atoms with E-state index in [1.807, 2.05) is 21.1 Å². The molecule has 0 radical (unpaired) electrons. The molecule has 8 heteroatoms. The molecule has 0 bridgehead atoms. The third-order valence-corrected chi connectivity index (χ3v) is 11.6. The Bertz CT molecular complexity index is 1050. The van der Waals surface area contributed by atoms with Crippen molar-refractivity contribution in [2.45, 2.75) is 250 Å². The van der Waals surface area contributed by atoms with Crippen LogP contribution in [0.2, 0.25) is 0 Å². The predicted octanol–water partition coefficient (Wildman–Crippen LogP) is 14.8. The van der Waals surface area contributed by atoms with E-state index in [-0.39, 0.29) is 25.8 Å². The van der Waals surface area contributed by atoms with E-state index >= 15 is 0 Å². The fourth-order valence-electron chi connectivity index (χ4n) is 7.55. The van der Waals surface area contributed by atoms with Gasteiger partial charge in [-0.05, 0) is 44.9 Å². The van der Waals surface area contributed by atoms with Crippen molar-refractivity contribution in [1.29, 1.82) is 0 Å². The van der Waals surface area contributed by atoms with Crippen molar-refractivity contribution >= 4 is 11.9 Å². The highest BCUT2D eigenvalue weighted by molar-refractivity contribution is 5.70. The number of aliphatic carboxylic acids is 1. The first kappa shape index (κ1) is 60.0. The zero-order valence-electron chi connectivity index (χ0n) is 41.3. The third-order valence-electron chi connectivity index (χ3n) is 11.6. The summed E-state index contributed by atoms with van der Waals surface area (Å²) in [4.78, 5) is 23.4. The van der Waals surface area contributed by atoms with E-state index in [0.717, 1.165) is 32.1 Å². The number of aliphatic hydroxyl groups is 1. The summed E-state index contributed by atoms with van der Waals surface area (Å²) in [5.41, 5.74) is 0. The smallest absolute Gasteiger partial charge is 0.361 e. The molecule has 0 aliphatic heterocycles. The molecule has 364 valence electrons. The van der Waals surface area contributed by atoms with E-state index in [1.54, 1.807) is 0 Å². The maximum atomic E-state index is 12.0.